The fraction of sp³-hybridized carbons (Fsp3) is 0.357. The van der Waals surface area contributed by atoms with Crippen molar-refractivity contribution in [3.8, 4) is 5.75 Å². The second-order valence-corrected chi connectivity index (χ2v) is 5.80. The Morgan fingerprint density at radius 2 is 2.23 bits per heavy atom. The van der Waals surface area contributed by atoms with E-state index in [1.165, 1.54) is 4.68 Å². The van der Waals surface area contributed by atoms with E-state index in [0.717, 1.165) is 4.47 Å². The van der Waals surface area contributed by atoms with E-state index in [1.807, 2.05) is 12.1 Å². The van der Waals surface area contributed by atoms with E-state index < -0.39 is 11.0 Å². The van der Waals surface area contributed by atoms with E-state index in [0.29, 0.717) is 17.1 Å². The van der Waals surface area contributed by atoms with Crippen LogP contribution in [0.3, 0.4) is 0 Å². The Morgan fingerprint density at radius 3 is 2.82 bits per heavy atom. The monoisotopic (exact) mass is 369 g/mol. The fourth-order valence-corrected chi connectivity index (χ4v) is 2.51. The number of hydrogen-bond donors (Lipinski definition) is 1. The van der Waals surface area contributed by atoms with Crippen LogP contribution in [0, 0.1) is 24.0 Å². The Morgan fingerprint density at radius 1 is 1.50 bits per heavy atom. The predicted molar refractivity (Wildman–Crippen MR) is 84.0 cm³/mol. The van der Waals surface area contributed by atoms with Crippen molar-refractivity contribution in [2.24, 2.45) is 0 Å². The maximum absolute atomic E-state index is 10.9. The zero-order valence-electron chi connectivity index (χ0n) is 12.2. The number of aliphatic hydroxyl groups is 1. The number of nitro groups is 1. The molecule has 0 amide bonds. The van der Waals surface area contributed by atoms with Crippen LogP contribution in [0.25, 0.3) is 0 Å². The quantitative estimate of drug-likeness (QED) is 0.624. The van der Waals surface area contributed by atoms with Crippen LogP contribution < -0.4 is 4.74 Å². The summed E-state index contributed by atoms with van der Waals surface area (Å²) in [6.07, 6.45) is -0.823. The largest absolute Gasteiger partial charge is 0.491 e. The third kappa shape index (κ3) is 3.83. The molecule has 8 heteroatoms. The highest BCUT2D eigenvalue weighted by atomic mass is 79.9. The Labute approximate surface area is 135 Å². The average Bonchev–Trinajstić information content (AvgIpc) is 2.71. The molecule has 1 aromatic heterocycles. The molecule has 1 atom stereocenters. The number of aryl methyl sites for hydroxylation is 1. The van der Waals surface area contributed by atoms with E-state index >= 15 is 0 Å². The van der Waals surface area contributed by atoms with Gasteiger partial charge in [-0.25, -0.2) is 0 Å². The van der Waals surface area contributed by atoms with Gasteiger partial charge in [-0.2, -0.15) is 5.10 Å². The molecule has 7 nitrogen and oxygen atoms in total. The lowest BCUT2D eigenvalue weighted by molar-refractivity contribution is -0.386. The molecule has 0 saturated carbocycles. The minimum Gasteiger partial charge on any atom is -0.491 e. The van der Waals surface area contributed by atoms with Gasteiger partial charge in [0.2, 0.25) is 0 Å². The van der Waals surface area contributed by atoms with Crippen molar-refractivity contribution in [1.82, 2.24) is 9.78 Å². The Hall–Kier alpha value is -1.93. The molecule has 0 radical (unpaired) electrons. The van der Waals surface area contributed by atoms with Crippen LogP contribution in [0.4, 0.5) is 5.69 Å². The first kappa shape index (κ1) is 16.4. The number of aromatic nitrogens is 2. The third-order valence-electron chi connectivity index (χ3n) is 3.15. The lowest BCUT2D eigenvalue weighted by Crippen LogP contribution is -2.24. The molecule has 22 heavy (non-hydrogen) atoms. The molecule has 1 aromatic carbocycles. The second-order valence-electron chi connectivity index (χ2n) is 4.88. The highest BCUT2D eigenvalue weighted by molar-refractivity contribution is 9.10. The van der Waals surface area contributed by atoms with Crippen molar-refractivity contribution in [1.29, 1.82) is 0 Å². The van der Waals surface area contributed by atoms with Gasteiger partial charge in [0.1, 0.15) is 29.8 Å². The van der Waals surface area contributed by atoms with Crippen molar-refractivity contribution < 1.29 is 14.8 Å². The summed E-state index contributed by atoms with van der Waals surface area (Å²) in [5.74, 6) is 0.632. The van der Waals surface area contributed by atoms with Crippen LogP contribution in [0.15, 0.2) is 28.7 Å². The van der Waals surface area contributed by atoms with Crippen molar-refractivity contribution in [3.05, 3.63) is 50.2 Å². The summed E-state index contributed by atoms with van der Waals surface area (Å²) in [7, 11) is 0. The molecule has 1 unspecified atom stereocenters. The molecule has 0 bridgehead atoms. The smallest absolute Gasteiger partial charge is 0.312 e. The van der Waals surface area contributed by atoms with Gasteiger partial charge in [0.15, 0.2) is 0 Å². The molecule has 1 heterocycles. The van der Waals surface area contributed by atoms with Crippen molar-refractivity contribution in [2.45, 2.75) is 26.5 Å². The van der Waals surface area contributed by atoms with E-state index in [-0.39, 0.29) is 18.8 Å². The molecule has 0 aliphatic carbocycles. The average molecular weight is 370 g/mol. The molecule has 2 aromatic rings. The van der Waals surface area contributed by atoms with Crippen LogP contribution >= 0.6 is 15.9 Å². The van der Waals surface area contributed by atoms with Gasteiger partial charge < -0.3 is 9.84 Å². The SMILES string of the molecule is Cc1nn(CC(O)COc2cccc(Br)c2)c(C)c1[N+](=O)[O-]. The topological polar surface area (TPSA) is 90.4 Å². The maximum Gasteiger partial charge on any atom is 0.312 e. The van der Waals surface area contributed by atoms with Gasteiger partial charge in [-0.1, -0.05) is 22.0 Å². The summed E-state index contributed by atoms with van der Waals surface area (Å²) >= 11 is 3.34. The predicted octanol–water partition coefficient (Wildman–Crippen LogP) is 2.61. The Balaban J connectivity index is 1.99. The van der Waals surface area contributed by atoms with Crippen LogP contribution in [0.5, 0.6) is 5.75 Å². The number of benzene rings is 1. The Bertz CT molecular complexity index is 687. The van der Waals surface area contributed by atoms with Gasteiger partial charge in [-0.15, -0.1) is 0 Å². The van der Waals surface area contributed by atoms with Crippen molar-refractivity contribution in [2.75, 3.05) is 6.61 Å². The minimum absolute atomic E-state index is 0.0138. The molecule has 0 spiro atoms. The first-order valence-electron chi connectivity index (χ1n) is 6.63. The van der Waals surface area contributed by atoms with Gasteiger partial charge in [0.05, 0.1) is 11.5 Å². The van der Waals surface area contributed by atoms with Gasteiger partial charge in [0.25, 0.3) is 0 Å². The van der Waals surface area contributed by atoms with Gasteiger partial charge in [-0.3, -0.25) is 14.8 Å². The van der Waals surface area contributed by atoms with E-state index in [4.69, 9.17) is 4.74 Å². The summed E-state index contributed by atoms with van der Waals surface area (Å²) < 4.78 is 7.81. The minimum atomic E-state index is -0.823. The lowest BCUT2D eigenvalue weighted by Gasteiger charge is -2.13. The van der Waals surface area contributed by atoms with E-state index in [1.54, 1.807) is 26.0 Å². The zero-order valence-corrected chi connectivity index (χ0v) is 13.8. The van der Waals surface area contributed by atoms with Crippen molar-refractivity contribution in [3.63, 3.8) is 0 Å². The molecule has 2 rings (SSSR count). The number of ether oxygens (including phenoxy) is 1. The summed E-state index contributed by atoms with van der Waals surface area (Å²) in [5, 5.41) is 25.1. The van der Waals surface area contributed by atoms with Gasteiger partial charge in [-0.05, 0) is 32.0 Å². The molecule has 0 aliphatic rings. The van der Waals surface area contributed by atoms with Gasteiger partial charge in [0, 0.05) is 4.47 Å². The first-order valence-corrected chi connectivity index (χ1v) is 7.42. The molecular weight excluding hydrogens is 354 g/mol. The number of aliphatic hydroxyl groups excluding tert-OH is 1. The summed E-state index contributed by atoms with van der Waals surface area (Å²) in [5.41, 5.74) is 0.742. The molecule has 0 saturated heterocycles. The molecule has 1 N–H and O–H groups in total. The Kier molecular flexibility index (Phi) is 5.15. The molecular formula is C14H16BrN3O4. The molecule has 0 aliphatic heterocycles. The third-order valence-corrected chi connectivity index (χ3v) is 3.64. The van der Waals surface area contributed by atoms with Crippen LogP contribution in [-0.2, 0) is 6.54 Å². The standard InChI is InChI=1S/C14H16BrN3O4/c1-9-14(18(20)21)10(2)17(16-9)7-12(19)8-22-13-5-3-4-11(15)6-13/h3-6,12,19H,7-8H2,1-2H3. The number of halogens is 1. The summed E-state index contributed by atoms with van der Waals surface area (Å²) in [4.78, 5) is 10.5. The fourth-order valence-electron chi connectivity index (χ4n) is 2.13. The number of rotatable bonds is 6. The number of nitrogens with zero attached hydrogens (tertiary/aromatic N) is 3. The van der Waals surface area contributed by atoms with E-state index in [9.17, 15) is 15.2 Å². The lowest BCUT2D eigenvalue weighted by atomic mass is 10.3. The second kappa shape index (κ2) is 6.89. The van der Waals surface area contributed by atoms with Crippen LogP contribution in [0.2, 0.25) is 0 Å². The number of hydrogen-bond acceptors (Lipinski definition) is 5. The normalized spacial score (nSPS) is 12.2. The van der Waals surface area contributed by atoms with Crippen LogP contribution in [-0.4, -0.2) is 32.5 Å². The maximum atomic E-state index is 10.9. The highest BCUT2D eigenvalue weighted by Gasteiger charge is 2.22. The highest BCUT2D eigenvalue weighted by Crippen LogP contribution is 2.22. The zero-order chi connectivity index (χ0) is 16.3. The molecule has 118 valence electrons. The first-order chi connectivity index (χ1) is 10.4. The summed E-state index contributed by atoms with van der Waals surface area (Å²) in [6, 6.07) is 7.28. The van der Waals surface area contributed by atoms with E-state index in [2.05, 4.69) is 21.0 Å². The summed E-state index contributed by atoms with van der Waals surface area (Å²) in [6.45, 7) is 3.39. The molecule has 0 fully saturated rings. The van der Waals surface area contributed by atoms with Crippen LogP contribution in [0.1, 0.15) is 11.4 Å². The van der Waals surface area contributed by atoms with Crippen molar-refractivity contribution >= 4 is 21.6 Å². The van der Waals surface area contributed by atoms with Gasteiger partial charge >= 0.3 is 5.69 Å².